The van der Waals surface area contributed by atoms with Crippen LogP contribution >= 0.6 is 0 Å². The summed E-state index contributed by atoms with van der Waals surface area (Å²) < 4.78 is 2.13. The zero-order valence-corrected chi connectivity index (χ0v) is 25.0. The third kappa shape index (κ3) is 8.18. The minimum atomic E-state index is -0.0394. The molecule has 0 aliphatic rings. The van der Waals surface area contributed by atoms with E-state index in [0.717, 1.165) is 32.9 Å². The molecule has 4 aromatic carbocycles. The first-order valence-electron chi connectivity index (χ1n) is 12.7. The number of carbonyl (C=O) groups is 2. The molecule has 0 aliphatic carbocycles. The van der Waals surface area contributed by atoms with Gasteiger partial charge in [-0.1, -0.05) is 0 Å². The first kappa shape index (κ1) is 27.9. The van der Waals surface area contributed by atoms with Crippen molar-refractivity contribution in [3.8, 4) is 0 Å². The van der Waals surface area contributed by atoms with E-state index in [-0.39, 0.29) is 50.2 Å². The van der Waals surface area contributed by atoms with E-state index >= 15 is 0 Å². The molecule has 4 nitrogen and oxygen atoms in total. The normalized spacial score (nSPS) is 12.4. The van der Waals surface area contributed by atoms with Crippen LogP contribution in [0.2, 0.25) is 0 Å². The first-order chi connectivity index (χ1) is 18.5. The van der Waals surface area contributed by atoms with E-state index in [2.05, 4.69) is 34.9 Å². The van der Waals surface area contributed by atoms with Gasteiger partial charge < -0.3 is 0 Å². The molecule has 2 N–H and O–H groups in total. The van der Waals surface area contributed by atoms with Crippen molar-refractivity contribution in [3.63, 3.8) is 0 Å². The molecule has 0 aromatic heterocycles. The zero-order chi connectivity index (χ0) is 26.7. The molecule has 4 rings (SSSR count). The molecule has 0 bridgehead atoms. The average Bonchev–Trinajstić information content (AvgIpc) is 2.93. The van der Waals surface area contributed by atoms with Crippen LogP contribution in [0.3, 0.4) is 0 Å². The van der Waals surface area contributed by atoms with Crippen LogP contribution in [-0.2, 0) is 12.8 Å². The minimum absolute atomic E-state index is 0.0262. The molecule has 6 heteroatoms. The van der Waals surface area contributed by atoms with Crippen LogP contribution in [0, 0.1) is 0 Å². The quantitative estimate of drug-likeness (QED) is 0.248. The predicted octanol–water partition coefficient (Wildman–Crippen LogP) is 3.68. The van der Waals surface area contributed by atoms with Crippen molar-refractivity contribution in [2.24, 2.45) is 0 Å². The van der Waals surface area contributed by atoms with Gasteiger partial charge in [0, 0.05) is 0 Å². The van der Waals surface area contributed by atoms with Crippen molar-refractivity contribution in [3.05, 3.63) is 131 Å². The third-order valence-corrected chi connectivity index (χ3v) is 13.3. The number of hydrogen-bond donors (Lipinski definition) is 2. The van der Waals surface area contributed by atoms with Gasteiger partial charge in [-0.2, -0.15) is 0 Å². The van der Waals surface area contributed by atoms with Gasteiger partial charge in [0.05, 0.1) is 0 Å². The third-order valence-electron chi connectivity index (χ3n) is 6.01. The standard InChI is InChI=1S/C32H32N2O2Se2/c1-23(21-25-13-5-3-6-14-25)33-31(35)27-17-9-11-19-29(27)37-38-30-20-12-10-18-28(30)32(36)34-24(2)22-26-15-7-4-8-16-26/h3-20,23-24H,21-22H2,1-2H3,(H,33,35)(H,34,36). The summed E-state index contributed by atoms with van der Waals surface area (Å²) in [5, 5.41) is 6.34. The molecule has 0 heterocycles. The molecule has 38 heavy (non-hydrogen) atoms. The molecule has 0 saturated carbocycles. The summed E-state index contributed by atoms with van der Waals surface area (Å²) in [6.07, 6.45) is 1.57. The van der Waals surface area contributed by atoms with E-state index in [1.54, 1.807) is 0 Å². The Labute approximate surface area is 236 Å². The summed E-state index contributed by atoms with van der Waals surface area (Å²) in [4.78, 5) is 26.3. The van der Waals surface area contributed by atoms with Crippen LogP contribution < -0.4 is 19.6 Å². The first-order valence-corrected chi connectivity index (χ1v) is 18.8. The van der Waals surface area contributed by atoms with Gasteiger partial charge in [-0.3, -0.25) is 0 Å². The van der Waals surface area contributed by atoms with Crippen LogP contribution in [0.25, 0.3) is 0 Å². The van der Waals surface area contributed by atoms with Gasteiger partial charge in [0.2, 0.25) is 0 Å². The Bertz CT molecular complexity index is 1240. The van der Waals surface area contributed by atoms with Crippen molar-refractivity contribution in [1.29, 1.82) is 0 Å². The van der Waals surface area contributed by atoms with Gasteiger partial charge >= 0.3 is 237 Å². The Morgan fingerprint density at radius 1 is 0.553 bits per heavy atom. The molecule has 0 saturated heterocycles. The van der Waals surface area contributed by atoms with Crippen LogP contribution in [0.4, 0.5) is 0 Å². The second-order valence-electron chi connectivity index (χ2n) is 9.29. The van der Waals surface area contributed by atoms with Crippen molar-refractivity contribution < 1.29 is 9.59 Å². The second-order valence-corrected chi connectivity index (χ2v) is 15.5. The SMILES string of the molecule is CC(Cc1ccccc1)NC(=O)c1ccccc1[Se][Se]c1ccccc1C(=O)NC(C)Cc1ccccc1. The Morgan fingerprint density at radius 2 is 0.895 bits per heavy atom. The maximum atomic E-state index is 13.2. The monoisotopic (exact) mass is 636 g/mol. The number of carbonyl (C=O) groups excluding carboxylic acids is 2. The van der Waals surface area contributed by atoms with Crippen molar-refractivity contribution in [2.75, 3.05) is 0 Å². The molecule has 0 fully saturated rings. The number of benzene rings is 4. The Balaban J connectivity index is 1.39. The predicted molar refractivity (Wildman–Crippen MR) is 158 cm³/mol. The summed E-state index contributed by atoms with van der Waals surface area (Å²) in [6.45, 7) is 4.08. The molecule has 0 spiro atoms. The van der Waals surface area contributed by atoms with Gasteiger partial charge in [0.1, 0.15) is 0 Å². The molecule has 2 amide bonds. The van der Waals surface area contributed by atoms with Crippen molar-refractivity contribution in [2.45, 2.75) is 38.8 Å². The molecular formula is C32H32N2O2Se2. The number of rotatable bonds is 11. The van der Waals surface area contributed by atoms with E-state index in [1.165, 1.54) is 11.1 Å². The number of hydrogen-bond acceptors (Lipinski definition) is 2. The van der Waals surface area contributed by atoms with E-state index in [1.807, 2.05) is 98.8 Å². The van der Waals surface area contributed by atoms with E-state index in [0.29, 0.717) is 0 Å². The van der Waals surface area contributed by atoms with Gasteiger partial charge in [-0.25, -0.2) is 0 Å². The number of amides is 2. The summed E-state index contributed by atoms with van der Waals surface area (Å²) >= 11 is 0.102. The summed E-state index contributed by atoms with van der Waals surface area (Å²) in [7, 11) is 0. The Morgan fingerprint density at radius 3 is 1.29 bits per heavy atom. The molecule has 194 valence electrons. The number of nitrogens with one attached hydrogen (secondary N) is 2. The molecular weight excluding hydrogens is 602 g/mol. The maximum absolute atomic E-state index is 13.2. The zero-order valence-electron chi connectivity index (χ0n) is 21.6. The van der Waals surface area contributed by atoms with E-state index in [9.17, 15) is 9.59 Å². The second kappa shape index (κ2) is 14.1. The van der Waals surface area contributed by atoms with Gasteiger partial charge in [0.25, 0.3) is 0 Å². The molecule has 2 atom stereocenters. The van der Waals surface area contributed by atoms with Gasteiger partial charge in [-0.05, 0) is 0 Å². The van der Waals surface area contributed by atoms with Crippen LogP contribution in [0.15, 0.2) is 109 Å². The van der Waals surface area contributed by atoms with Crippen LogP contribution in [0.1, 0.15) is 45.7 Å². The van der Waals surface area contributed by atoms with Crippen molar-refractivity contribution >= 4 is 47.0 Å². The summed E-state index contributed by atoms with van der Waals surface area (Å²) in [5.41, 5.74) is 3.86. The van der Waals surface area contributed by atoms with Gasteiger partial charge in [-0.15, -0.1) is 0 Å². The molecule has 0 radical (unpaired) electrons. The fraction of sp³-hybridized carbons (Fsp3) is 0.188. The van der Waals surface area contributed by atoms with E-state index < -0.39 is 0 Å². The Kier molecular flexibility index (Phi) is 10.4. The fourth-order valence-electron chi connectivity index (χ4n) is 4.18. The fourth-order valence-corrected chi connectivity index (χ4v) is 11.3. The average molecular weight is 635 g/mol. The summed E-state index contributed by atoms with van der Waals surface area (Å²) in [6, 6.07) is 36.2. The summed E-state index contributed by atoms with van der Waals surface area (Å²) in [5.74, 6) is -0.0788. The Hall–Kier alpha value is -3.14. The van der Waals surface area contributed by atoms with Crippen molar-refractivity contribution in [1.82, 2.24) is 10.6 Å². The van der Waals surface area contributed by atoms with Gasteiger partial charge in [0.15, 0.2) is 0 Å². The van der Waals surface area contributed by atoms with Crippen LogP contribution in [-0.4, -0.2) is 50.2 Å². The topological polar surface area (TPSA) is 58.2 Å². The molecule has 2 unspecified atom stereocenters. The van der Waals surface area contributed by atoms with E-state index in [4.69, 9.17) is 0 Å². The molecule has 0 aliphatic heterocycles. The van der Waals surface area contributed by atoms with Crippen LogP contribution in [0.5, 0.6) is 0 Å². The molecule has 4 aromatic rings.